The van der Waals surface area contributed by atoms with Crippen LogP contribution in [0.3, 0.4) is 0 Å². The van der Waals surface area contributed by atoms with Crippen LogP contribution in [0.15, 0.2) is 48.5 Å². The zero-order chi connectivity index (χ0) is 30.2. The second-order valence-corrected chi connectivity index (χ2v) is 12.4. The van der Waals surface area contributed by atoms with Crippen LogP contribution < -0.4 is 14.8 Å². The highest BCUT2D eigenvalue weighted by molar-refractivity contribution is 6.00. The Balaban J connectivity index is 1.55. The fraction of sp³-hybridized carbons (Fsp3) is 0.484. The number of aliphatic hydroxyl groups is 1. The minimum absolute atomic E-state index is 0.0418. The van der Waals surface area contributed by atoms with Crippen LogP contribution in [0.5, 0.6) is 11.5 Å². The zero-order valence-electron chi connectivity index (χ0n) is 24.0. The number of methoxy groups -OCH3 is 2. The molecule has 0 bridgehead atoms. The first-order valence-electron chi connectivity index (χ1n) is 13.8. The Morgan fingerprint density at radius 1 is 1.05 bits per heavy atom. The number of carbonyl (C=O) groups excluding carboxylic acids is 4. The van der Waals surface area contributed by atoms with Gasteiger partial charge in [-0.1, -0.05) is 45.0 Å². The summed E-state index contributed by atoms with van der Waals surface area (Å²) in [5, 5.41) is 15.4. The van der Waals surface area contributed by atoms with E-state index in [2.05, 4.69) is 5.32 Å². The van der Waals surface area contributed by atoms with Crippen LogP contribution in [-0.4, -0.2) is 67.2 Å². The van der Waals surface area contributed by atoms with Crippen molar-refractivity contribution >= 4 is 23.8 Å². The molecule has 1 amide bonds. The van der Waals surface area contributed by atoms with Crippen LogP contribution in [0.2, 0.25) is 0 Å². The first-order valence-corrected chi connectivity index (χ1v) is 13.8. The quantitative estimate of drug-likeness (QED) is 0.386. The lowest BCUT2D eigenvalue weighted by atomic mass is 9.50. The first kappa shape index (κ1) is 28.0. The maximum atomic E-state index is 14.2. The van der Waals surface area contributed by atoms with E-state index in [0.717, 1.165) is 0 Å². The van der Waals surface area contributed by atoms with Gasteiger partial charge in [-0.25, -0.2) is 4.79 Å². The molecule has 3 heterocycles. The van der Waals surface area contributed by atoms with E-state index in [0.29, 0.717) is 17.1 Å². The van der Waals surface area contributed by atoms with Crippen LogP contribution in [0.25, 0.3) is 0 Å². The highest BCUT2D eigenvalue weighted by Gasteiger charge is 2.94. The Labute approximate surface area is 242 Å². The number of amides is 1. The Bertz CT molecular complexity index is 1480. The van der Waals surface area contributed by atoms with Crippen molar-refractivity contribution in [3.63, 3.8) is 0 Å². The van der Waals surface area contributed by atoms with Crippen molar-refractivity contribution in [3.05, 3.63) is 59.7 Å². The Morgan fingerprint density at radius 3 is 2.40 bits per heavy atom. The molecule has 2 aromatic carbocycles. The predicted octanol–water partition coefficient (Wildman–Crippen LogP) is 2.18. The molecule has 1 saturated carbocycles. The second kappa shape index (κ2) is 9.19. The lowest BCUT2D eigenvalue weighted by Crippen LogP contribution is -2.67. The number of hydrogen-bond donors (Lipinski definition) is 2. The number of ether oxygens (including phenoxy) is 5. The fourth-order valence-corrected chi connectivity index (χ4v) is 7.87. The summed E-state index contributed by atoms with van der Waals surface area (Å²) in [5.41, 5.74) is -5.89. The summed E-state index contributed by atoms with van der Waals surface area (Å²) >= 11 is 0. The third-order valence-electron chi connectivity index (χ3n) is 9.74. The first-order chi connectivity index (χ1) is 19.9. The third-order valence-corrected chi connectivity index (χ3v) is 9.74. The van der Waals surface area contributed by atoms with Crippen molar-refractivity contribution in [2.45, 2.75) is 57.6 Å². The van der Waals surface area contributed by atoms with Crippen LogP contribution >= 0.6 is 0 Å². The highest BCUT2D eigenvalue weighted by atomic mass is 16.6. The maximum Gasteiger partial charge on any atom is 0.338 e. The van der Waals surface area contributed by atoms with Crippen LogP contribution in [-0.2, 0) is 35.0 Å². The van der Waals surface area contributed by atoms with Crippen molar-refractivity contribution in [1.82, 2.24) is 5.32 Å². The number of carbonyl (C=O) groups is 4. The Hall–Kier alpha value is -4.12. The summed E-state index contributed by atoms with van der Waals surface area (Å²) in [6.07, 6.45) is -4.41. The summed E-state index contributed by atoms with van der Waals surface area (Å²) in [7, 11) is 2.98. The van der Waals surface area contributed by atoms with E-state index in [1.165, 1.54) is 26.4 Å². The fourth-order valence-electron chi connectivity index (χ4n) is 7.87. The average molecular weight is 580 g/mol. The molecule has 11 nitrogen and oxygen atoms in total. The van der Waals surface area contributed by atoms with Gasteiger partial charge < -0.3 is 34.1 Å². The molecule has 0 radical (unpaired) electrons. The number of benzene rings is 2. The summed E-state index contributed by atoms with van der Waals surface area (Å²) < 4.78 is 28.5. The lowest BCUT2D eigenvalue weighted by Gasteiger charge is -2.52. The van der Waals surface area contributed by atoms with Gasteiger partial charge in [0.2, 0.25) is 0 Å². The van der Waals surface area contributed by atoms with Gasteiger partial charge in [-0.2, -0.15) is 0 Å². The molecule has 4 aliphatic rings. The molecule has 222 valence electrons. The number of hydrogen-bond acceptors (Lipinski definition) is 10. The molecule has 2 N–H and O–H groups in total. The zero-order valence-corrected chi connectivity index (χ0v) is 24.0. The molecule has 3 saturated heterocycles. The van der Waals surface area contributed by atoms with E-state index in [4.69, 9.17) is 23.7 Å². The van der Waals surface area contributed by atoms with E-state index >= 15 is 0 Å². The highest BCUT2D eigenvalue weighted by Crippen LogP contribution is 2.76. The van der Waals surface area contributed by atoms with Crippen LogP contribution in [0, 0.1) is 22.2 Å². The molecule has 2 spiro atoms. The molecule has 42 heavy (non-hydrogen) atoms. The normalized spacial score (nSPS) is 34.6. The van der Waals surface area contributed by atoms with E-state index in [1.807, 2.05) is 0 Å². The molecule has 2 aromatic rings. The summed E-state index contributed by atoms with van der Waals surface area (Å²) in [6.45, 7) is 5.29. The topological polar surface area (TPSA) is 147 Å². The van der Waals surface area contributed by atoms with E-state index in [-0.39, 0.29) is 18.4 Å². The molecule has 7 atom stereocenters. The summed E-state index contributed by atoms with van der Waals surface area (Å²) in [4.78, 5) is 54.9. The molecular weight excluding hydrogens is 546 g/mol. The number of nitrogens with one attached hydrogen (secondary N) is 1. The monoisotopic (exact) mass is 579 g/mol. The Kier molecular flexibility index (Phi) is 6.13. The van der Waals surface area contributed by atoms with E-state index in [9.17, 15) is 24.3 Å². The van der Waals surface area contributed by atoms with Crippen LogP contribution in [0.1, 0.15) is 43.1 Å². The van der Waals surface area contributed by atoms with Crippen molar-refractivity contribution in [2.75, 3.05) is 14.2 Å². The minimum Gasteiger partial charge on any atom is -0.497 e. The summed E-state index contributed by atoms with van der Waals surface area (Å²) in [6, 6.07) is 13.2. The standard InChI is InChI=1S/C31H33NO10/c1-28(2,3)29(37)15-21-30(19(25(35)40-21)13-17-11-12-18(38-4)14-20(17)39-5)27(36)42-26-31(29,30)22(23(33)32-26)41-24(34)16-9-7-6-8-10-16/h6-12,14,19,21-22,26,37H,13,15H2,1-5H3,(H,32,33). The molecule has 0 aromatic heterocycles. The van der Waals surface area contributed by atoms with Gasteiger partial charge in [0.1, 0.15) is 28.4 Å². The third kappa shape index (κ3) is 3.31. The molecule has 6 rings (SSSR count). The average Bonchev–Trinajstić information content (AvgIpc) is 3.56. The molecule has 1 aliphatic carbocycles. The molecule has 4 fully saturated rings. The van der Waals surface area contributed by atoms with Crippen molar-refractivity contribution in [3.8, 4) is 11.5 Å². The van der Waals surface area contributed by atoms with Crippen molar-refractivity contribution in [2.24, 2.45) is 22.2 Å². The van der Waals surface area contributed by atoms with Gasteiger partial charge in [0.15, 0.2) is 12.3 Å². The smallest absolute Gasteiger partial charge is 0.338 e. The molecule has 3 aliphatic heterocycles. The van der Waals surface area contributed by atoms with Gasteiger partial charge in [0.05, 0.1) is 31.3 Å². The largest absolute Gasteiger partial charge is 0.497 e. The van der Waals surface area contributed by atoms with Gasteiger partial charge >= 0.3 is 17.9 Å². The van der Waals surface area contributed by atoms with Crippen molar-refractivity contribution in [1.29, 1.82) is 0 Å². The van der Waals surface area contributed by atoms with Gasteiger partial charge in [0.25, 0.3) is 5.91 Å². The molecule has 7 unspecified atom stereocenters. The summed E-state index contributed by atoms with van der Waals surface area (Å²) in [5.74, 6) is -3.31. The number of rotatable bonds is 6. The van der Waals surface area contributed by atoms with Gasteiger partial charge in [-0.05, 0) is 35.6 Å². The van der Waals surface area contributed by atoms with Crippen LogP contribution in [0.4, 0.5) is 0 Å². The second-order valence-electron chi connectivity index (χ2n) is 12.4. The minimum atomic E-state index is -1.90. The Morgan fingerprint density at radius 2 is 1.76 bits per heavy atom. The molecule has 11 heteroatoms. The van der Waals surface area contributed by atoms with Gasteiger partial charge in [-0.3, -0.25) is 14.4 Å². The SMILES string of the molecule is COc1ccc(CC2C(=O)OC3CC(O)(C(C)(C)C)C45C(NC(=O)C4OC(=O)c4ccccc4)OC(=O)C325)c(OC)c1. The van der Waals surface area contributed by atoms with Crippen molar-refractivity contribution < 1.29 is 48.0 Å². The van der Waals surface area contributed by atoms with E-state index < -0.39 is 70.0 Å². The van der Waals surface area contributed by atoms with Gasteiger partial charge in [-0.15, -0.1) is 0 Å². The number of esters is 3. The molecular formula is C31H33NO10. The van der Waals surface area contributed by atoms with E-state index in [1.54, 1.807) is 57.2 Å². The lowest BCUT2D eigenvalue weighted by molar-refractivity contribution is -0.211. The maximum absolute atomic E-state index is 14.2. The predicted molar refractivity (Wildman–Crippen MR) is 144 cm³/mol. The van der Waals surface area contributed by atoms with Gasteiger partial charge in [0, 0.05) is 12.5 Å².